The van der Waals surface area contributed by atoms with E-state index in [0.29, 0.717) is 18.8 Å². The van der Waals surface area contributed by atoms with E-state index in [2.05, 4.69) is 32.5 Å². The zero-order chi connectivity index (χ0) is 27.0. The topological polar surface area (TPSA) is 116 Å². The first-order valence-corrected chi connectivity index (χ1v) is 12.9. The number of hydrogen-bond acceptors (Lipinski definition) is 7. The molecular formula is C30H28N6O3. The fourth-order valence-corrected chi connectivity index (χ4v) is 4.36. The molecule has 0 amide bonds. The highest BCUT2D eigenvalue weighted by Crippen LogP contribution is 2.28. The van der Waals surface area contributed by atoms with Gasteiger partial charge in [-0.2, -0.15) is 5.21 Å². The number of nitrogens with zero attached hydrogens (tertiary/aromatic N) is 5. The average molecular weight is 521 g/mol. The molecule has 0 atom stereocenters. The number of aromatic amines is 1. The predicted molar refractivity (Wildman–Crippen MR) is 147 cm³/mol. The van der Waals surface area contributed by atoms with E-state index in [1.54, 1.807) is 16.8 Å². The summed E-state index contributed by atoms with van der Waals surface area (Å²) < 4.78 is 7.17. The number of esters is 1. The minimum atomic E-state index is -0.507. The van der Waals surface area contributed by atoms with Gasteiger partial charge in [0.05, 0.1) is 17.8 Å². The van der Waals surface area contributed by atoms with Crippen LogP contribution in [-0.2, 0) is 24.3 Å². The summed E-state index contributed by atoms with van der Waals surface area (Å²) in [6.07, 6.45) is 4.30. The SMILES string of the molecule is CCCCc1cc(C(=O)OCc2ccccc2)cc(=O)n1Cc1ccc(-c2ccccc2-c2nn[nH]n2)nc1. The van der Waals surface area contributed by atoms with Crippen molar-refractivity contribution in [3.8, 4) is 22.6 Å². The molecule has 39 heavy (non-hydrogen) atoms. The highest BCUT2D eigenvalue weighted by molar-refractivity contribution is 5.89. The Kier molecular flexibility index (Phi) is 7.97. The summed E-state index contributed by atoms with van der Waals surface area (Å²) in [7, 11) is 0. The Morgan fingerprint density at radius 1 is 0.949 bits per heavy atom. The molecule has 0 bridgehead atoms. The zero-order valence-electron chi connectivity index (χ0n) is 21.6. The van der Waals surface area contributed by atoms with Crippen LogP contribution in [0.2, 0.25) is 0 Å². The van der Waals surface area contributed by atoms with Crippen LogP contribution in [0, 0.1) is 0 Å². The van der Waals surface area contributed by atoms with E-state index >= 15 is 0 Å². The maximum Gasteiger partial charge on any atom is 0.338 e. The van der Waals surface area contributed by atoms with E-state index in [1.165, 1.54) is 6.07 Å². The number of ether oxygens (including phenoxy) is 1. The third kappa shape index (κ3) is 6.15. The summed E-state index contributed by atoms with van der Waals surface area (Å²) >= 11 is 0. The maximum absolute atomic E-state index is 13.2. The number of pyridine rings is 2. The number of benzene rings is 2. The van der Waals surface area contributed by atoms with Crippen LogP contribution in [-0.4, -0.2) is 36.1 Å². The summed E-state index contributed by atoms with van der Waals surface area (Å²) in [5.41, 5.74) is 5.03. The van der Waals surface area contributed by atoms with E-state index in [9.17, 15) is 9.59 Å². The molecule has 1 N–H and O–H groups in total. The molecule has 5 aromatic rings. The predicted octanol–water partition coefficient (Wildman–Crippen LogP) is 4.84. The Morgan fingerprint density at radius 2 is 1.74 bits per heavy atom. The number of carbonyl (C=O) groups is 1. The Morgan fingerprint density at radius 3 is 2.46 bits per heavy atom. The van der Waals surface area contributed by atoms with Crippen LogP contribution >= 0.6 is 0 Å². The van der Waals surface area contributed by atoms with Crippen molar-refractivity contribution >= 4 is 5.97 Å². The third-order valence-corrected chi connectivity index (χ3v) is 6.40. The van der Waals surface area contributed by atoms with Crippen molar-refractivity contribution < 1.29 is 9.53 Å². The van der Waals surface area contributed by atoms with E-state index in [1.807, 2.05) is 66.7 Å². The summed E-state index contributed by atoms with van der Waals surface area (Å²) in [4.78, 5) is 30.6. The molecule has 0 unspecified atom stereocenters. The van der Waals surface area contributed by atoms with Gasteiger partial charge in [-0.3, -0.25) is 9.78 Å². The second-order valence-electron chi connectivity index (χ2n) is 9.16. The lowest BCUT2D eigenvalue weighted by Gasteiger charge is -2.15. The van der Waals surface area contributed by atoms with E-state index in [4.69, 9.17) is 4.74 Å². The van der Waals surface area contributed by atoms with Crippen LogP contribution in [0.4, 0.5) is 0 Å². The molecule has 2 aromatic carbocycles. The highest BCUT2D eigenvalue weighted by Gasteiger charge is 2.15. The van der Waals surface area contributed by atoms with Crippen molar-refractivity contribution in [1.29, 1.82) is 0 Å². The molecule has 0 aliphatic heterocycles. The lowest BCUT2D eigenvalue weighted by Crippen LogP contribution is -2.25. The third-order valence-electron chi connectivity index (χ3n) is 6.40. The van der Waals surface area contributed by atoms with Gasteiger partial charge in [0.2, 0.25) is 5.82 Å². The van der Waals surface area contributed by atoms with Crippen molar-refractivity contribution in [3.05, 3.63) is 118 Å². The Balaban J connectivity index is 1.37. The fraction of sp³-hybridized carbons (Fsp3) is 0.200. The molecule has 0 aliphatic rings. The zero-order valence-corrected chi connectivity index (χ0v) is 21.6. The first-order chi connectivity index (χ1) is 19.1. The first-order valence-electron chi connectivity index (χ1n) is 12.9. The number of aromatic nitrogens is 6. The van der Waals surface area contributed by atoms with Gasteiger partial charge in [-0.1, -0.05) is 74.0 Å². The largest absolute Gasteiger partial charge is 0.457 e. The van der Waals surface area contributed by atoms with Crippen molar-refractivity contribution in [3.63, 3.8) is 0 Å². The van der Waals surface area contributed by atoms with E-state index in [-0.39, 0.29) is 17.7 Å². The highest BCUT2D eigenvalue weighted by atomic mass is 16.5. The van der Waals surface area contributed by atoms with E-state index in [0.717, 1.165) is 46.5 Å². The number of carbonyl (C=O) groups excluding carboxylic acids is 1. The quantitative estimate of drug-likeness (QED) is 0.262. The molecule has 3 aromatic heterocycles. The van der Waals surface area contributed by atoms with Gasteiger partial charge in [-0.25, -0.2) is 4.79 Å². The summed E-state index contributed by atoms with van der Waals surface area (Å²) in [6.45, 7) is 2.59. The van der Waals surface area contributed by atoms with Gasteiger partial charge in [0.25, 0.3) is 5.56 Å². The minimum absolute atomic E-state index is 0.154. The molecule has 0 radical (unpaired) electrons. The number of aryl methyl sites for hydroxylation is 1. The Labute approximate surface area is 225 Å². The second kappa shape index (κ2) is 12.1. The van der Waals surface area contributed by atoms with Crippen molar-refractivity contribution in [2.24, 2.45) is 0 Å². The molecule has 9 heteroatoms. The minimum Gasteiger partial charge on any atom is -0.457 e. The standard InChI is InChI=1S/C30H28N6O3/c1-2-3-11-24-16-23(30(38)39-20-21-9-5-4-6-10-21)17-28(37)36(24)19-22-14-15-27(31-18-22)25-12-7-8-13-26(25)29-32-34-35-33-29/h4-10,12-18H,2-3,11,19-20H2,1H3,(H,32,33,34,35). The van der Waals surface area contributed by atoms with Crippen LogP contribution in [0.3, 0.4) is 0 Å². The van der Waals surface area contributed by atoms with E-state index < -0.39 is 5.97 Å². The molecule has 0 saturated carbocycles. The van der Waals surface area contributed by atoms with Crippen LogP contribution in [0.25, 0.3) is 22.6 Å². The van der Waals surface area contributed by atoms with Gasteiger partial charge in [0.15, 0.2) is 0 Å². The lowest BCUT2D eigenvalue weighted by molar-refractivity contribution is 0.0472. The maximum atomic E-state index is 13.2. The van der Waals surface area contributed by atoms with Crippen molar-refractivity contribution in [1.82, 2.24) is 30.2 Å². The van der Waals surface area contributed by atoms with Gasteiger partial charge < -0.3 is 9.30 Å². The number of rotatable bonds is 10. The van der Waals surface area contributed by atoms with Crippen molar-refractivity contribution in [2.75, 3.05) is 0 Å². The second-order valence-corrected chi connectivity index (χ2v) is 9.16. The number of unbranched alkanes of at least 4 members (excludes halogenated alkanes) is 1. The molecule has 9 nitrogen and oxygen atoms in total. The van der Waals surface area contributed by atoms with Gasteiger partial charge in [-0.05, 0) is 41.3 Å². The fourth-order valence-electron chi connectivity index (χ4n) is 4.36. The number of H-pyrrole nitrogens is 1. The normalized spacial score (nSPS) is 10.9. The number of tetrazole rings is 1. The van der Waals surface area contributed by atoms with Crippen LogP contribution in [0.1, 0.15) is 46.9 Å². The lowest BCUT2D eigenvalue weighted by atomic mass is 10.0. The van der Waals surface area contributed by atoms with Gasteiger partial charge in [0.1, 0.15) is 6.61 Å². The van der Waals surface area contributed by atoms with Crippen LogP contribution in [0.5, 0.6) is 0 Å². The molecule has 0 saturated heterocycles. The smallest absolute Gasteiger partial charge is 0.338 e. The molecule has 5 rings (SSSR count). The molecular weight excluding hydrogens is 492 g/mol. The van der Waals surface area contributed by atoms with Gasteiger partial charge in [-0.15, -0.1) is 10.2 Å². The molecule has 0 fully saturated rings. The van der Waals surface area contributed by atoms with Crippen LogP contribution in [0.15, 0.2) is 89.9 Å². The van der Waals surface area contributed by atoms with Crippen LogP contribution < -0.4 is 5.56 Å². The van der Waals surface area contributed by atoms with Gasteiger partial charge in [0, 0.05) is 29.1 Å². The summed E-state index contributed by atoms with van der Waals surface area (Å²) in [5, 5.41) is 14.3. The van der Waals surface area contributed by atoms with Crippen molar-refractivity contribution in [2.45, 2.75) is 39.3 Å². The molecule has 196 valence electrons. The van der Waals surface area contributed by atoms with Gasteiger partial charge >= 0.3 is 5.97 Å². The summed E-state index contributed by atoms with van der Waals surface area (Å²) in [5.74, 6) is -0.0156. The average Bonchev–Trinajstić information content (AvgIpc) is 3.52. The number of hydrogen-bond donors (Lipinski definition) is 1. The number of nitrogens with one attached hydrogen (secondary N) is 1. The molecule has 0 spiro atoms. The monoisotopic (exact) mass is 520 g/mol. The first kappa shape index (κ1) is 25.7. The summed E-state index contributed by atoms with van der Waals surface area (Å²) in [6, 6.07) is 24.2. The Hall–Kier alpha value is -4.92. The molecule has 3 heterocycles. The Bertz CT molecular complexity index is 1600. The molecule has 0 aliphatic carbocycles.